The van der Waals surface area contributed by atoms with Crippen LogP contribution in [0.3, 0.4) is 0 Å². The Bertz CT molecular complexity index is 314. The summed E-state index contributed by atoms with van der Waals surface area (Å²) >= 11 is 0. The van der Waals surface area contributed by atoms with E-state index in [9.17, 15) is 0 Å². The second-order valence-electron chi connectivity index (χ2n) is 7.02. The molecule has 4 fully saturated rings. The van der Waals surface area contributed by atoms with Gasteiger partial charge in [0.15, 0.2) is 0 Å². The minimum Gasteiger partial charge on any atom is -0.326 e. The van der Waals surface area contributed by atoms with E-state index >= 15 is 0 Å². The molecule has 1 saturated carbocycles. The largest absolute Gasteiger partial charge is 0.326 e. The fourth-order valence-corrected chi connectivity index (χ4v) is 4.37. The molecule has 3 nitrogen and oxygen atoms in total. The summed E-state index contributed by atoms with van der Waals surface area (Å²) in [5, 5.41) is 0. The van der Waals surface area contributed by atoms with Crippen molar-refractivity contribution < 1.29 is 14.2 Å². The quantitative estimate of drug-likeness (QED) is 0.754. The van der Waals surface area contributed by atoms with E-state index in [4.69, 9.17) is 14.2 Å². The Labute approximate surface area is 123 Å². The van der Waals surface area contributed by atoms with E-state index in [0.717, 1.165) is 26.1 Å². The van der Waals surface area contributed by atoms with Crippen LogP contribution in [0.2, 0.25) is 0 Å². The fraction of sp³-hybridized carbons (Fsp3) is 1.00. The van der Waals surface area contributed by atoms with E-state index in [-0.39, 0.29) is 5.41 Å². The molecule has 3 aliphatic heterocycles. The Morgan fingerprint density at radius 3 is 2.25 bits per heavy atom. The van der Waals surface area contributed by atoms with Crippen molar-refractivity contribution >= 4 is 0 Å². The average Bonchev–Trinajstić information content (AvgIpc) is 2.50. The molecule has 1 unspecified atom stereocenters. The molecule has 1 aliphatic carbocycles. The van der Waals surface area contributed by atoms with E-state index in [2.05, 4.69) is 13.8 Å². The molecule has 4 rings (SSSR count). The van der Waals surface area contributed by atoms with E-state index < -0.39 is 5.97 Å². The highest BCUT2D eigenvalue weighted by Gasteiger charge is 2.60. The van der Waals surface area contributed by atoms with Crippen LogP contribution in [-0.4, -0.2) is 25.3 Å². The molecule has 3 heteroatoms. The first-order valence-electron chi connectivity index (χ1n) is 8.70. The second kappa shape index (κ2) is 5.94. The van der Waals surface area contributed by atoms with Gasteiger partial charge in [-0.2, -0.15) is 0 Å². The van der Waals surface area contributed by atoms with Gasteiger partial charge in [-0.1, -0.05) is 46.0 Å². The van der Waals surface area contributed by atoms with E-state index in [1.807, 2.05) is 0 Å². The minimum atomic E-state index is -0.699. The third kappa shape index (κ3) is 2.42. The van der Waals surface area contributed by atoms with Gasteiger partial charge < -0.3 is 14.2 Å². The van der Waals surface area contributed by atoms with E-state index in [0.29, 0.717) is 12.0 Å². The summed E-state index contributed by atoms with van der Waals surface area (Å²) in [5.41, 5.74) is 0.112. The first-order chi connectivity index (χ1) is 9.75. The average molecular weight is 282 g/mol. The van der Waals surface area contributed by atoms with E-state index in [1.165, 1.54) is 44.9 Å². The monoisotopic (exact) mass is 282 g/mol. The zero-order valence-corrected chi connectivity index (χ0v) is 13.2. The van der Waals surface area contributed by atoms with Crippen molar-refractivity contribution in [2.75, 3.05) is 13.2 Å². The van der Waals surface area contributed by atoms with Crippen LogP contribution in [0.15, 0.2) is 0 Å². The lowest BCUT2D eigenvalue weighted by Crippen LogP contribution is -2.67. The van der Waals surface area contributed by atoms with Crippen LogP contribution < -0.4 is 0 Å². The number of hydrogen-bond acceptors (Lipinski definition) is 3. The molecule has 2 bridgehead atoms. The number of rotatable bonds is 5. The van der Waals surface area contributed by atoms with Crippen molar-refractivity contribution in [1.82, 2.24) is 0 Å². The predicted octanol–water partition coefficient (Wildman–Crippen LogP) is 4.25. The summed E-state index contributed by atoms with van der Waals surface area (Å²) in [6, 6.07) is 0. The number of ether oxygens (including phenoxy) is 3. The lowest BCUT2D eigenvalue weighted by Gasteiger charge is -2.59. The molecule has 0 radical (unpaired) electrons. The Kier molecular flexibility index (Phi) is 4.40. The first kappa shape index (κ1) is 14.8. The van der Waals surface area contributed by atoms with Crippen molar-refractivity contribution in [3.05, 3.63) is 0 Å². The minimum absolute atomic E-state index is 0.112. The summed E-state index contributed by atoms with van der Waals surface area (Å²) in [5.74, 6) is -0.258. The van der Waals surface area contributed by atoms with Gasteiger partial charge in [-0.25, -0.2) is 0 Å². The summed E-state index contributed by atoms with van der Waals surface area (Å²) in [7, 11) is 0. The van der Waals surface area contributed by atoms with Gasteiger partial charge in [-0.05, 0) is 25.7 Å². The standard InChI is InChI=1S/C17H30O3/c1-3-8-15-16(11-4-2)12-18-17(20-15,19-13-16)14-9-6-5-7-10-14/h14-15H,3-13H2,1-2H3. The summed E-state index contributed by atoms with van der Waals surface area (Å²) < 4.78 is 18.8. The summed E-state index contributed by atoms with van der Waals surface area (Å²) in [6.07, 6.45) is 11.3. The molecule has 116 valence electrons. The molecule has 3 heterocycles. The number of fused-ring (bicyclic) bond motifs is 3. The molecular weight excluding hydrogens is 252 g/mol. The van der Waals surface area contributed by atoms with Gasteiger partial charge in [0.1, 0.15) is 0 Å². The Morgan fingerprint density at radius 2 is 1.65 bits per heavy atom. The predicted molar refractivity (Wildman–Crippen MR) is 78.3 cm³/mol. The van der Waals surface area contributed by atoms with Crippen LogP contribution in [0.1, 0.15) is 71.6 Å². The van der Waals surface area contributed by atoms with Crippen LogP contribution >= 0.6 is 0 Å². The van der Waals surface area contributed by atoms with E-state index in [1.54, 1.807) is 0 Å². The molecular formula is C17H30O3. The van der Waals surface area contributed by atoms with Crippen LogP contribution in [-0.2, 0) is 14.2 Å². The normalized spacial score (nSPS) is 42.0. The molecule has 20 heavy (non-hydrogen) atoms. The molecule has 0 N–H and O–H groups in total. The van der Waals surface area contributed by atoms with Crippen LogP contribution in [0.25, 0.3) is 0 Å². The highest BCUT2D eigenvalue weighted by Crippen LogP contribution is 2.52. The van der Waals surface area contributed by atoms with Gasteiger partial charge >= 0.3 is 0 Å². The van der Waals surface area contributed by atoms with Crippen LogP contribution in [0, 0.1) is 11.3 Å². The first-order valence-corrected chi connectivity index (χ1v) is 8.70. The smallest absolute Gasteiger partial charge is 0.286 e. The van der Waals surface area contributed by atoms with Crippen molar-refractivity contribution in [1.29, 1.82) is 0 Å². The van der Waals surface area contributed by atoms with Crippen molar-refractivity contribution in [3.8, 4) is 0 Å². The maximum atomic E-state index is 6.46. The summed E-state index contributed by atoms with van der Waals surface area (Å²) in [4.78, 5) is 0. The Hall–Kier alpha value is -0.120. The molecule has 0 aromatic rings. The van der Waals surface area contributed by atoms with Gasteiger partial charge in [-0.3, -0.25) is 0 Å². The molecule has 0 aromatic heterocycles. The lowest BCUT2D eigenvalue weighted by atomic mass is 9.74. The zero-order chi connectivity index (χ0) is 14.1. The lowest BCUT2D eigenvalue weighted by molar-refractivity contribution is -0.508. The van der Waals surface area contributed by atoms with Crippen LogP contribution in [0.4, 0.5) is 0 Å². The van der Waals surface area contributed by atoms with Crippen LogP contribution in [0.5, 0.6) is 0 Å². The molecule has 0 aromatic carbocycles. The topological polar surface area (TPSA) is 27.7 Å². The van der Waals surface area contributed by atoms with Gasteiger partial charge in [-0.15, -0.1) is 0 Å². The highest BCUT2D eigenvalue weighted by atomic mass is 16.9. The zero-order valence-electron chi connectivity index (χ0n) is 13.2. The Morgan fingerprint density at radius 1 is 0.950 bits per heavy atom. The van der Waals surface area contributed by atoms with Gasteiger partial charge in [0.05, 0.1) is 19.3 Å². The molecule has 0 spiro atoms. The molecule has 4 aliphatic rings. The summed E-state index contributed by atoms with van der Waals surface area (Å²) in [6.45, 7) is 6.17. The third-order valence-corrected chi connectivity index (χ3v) is 5.52. The maximum absolute atomic E-state index is 6.46. The SMILES string of the molecule is CCCC1OC2(C3CCCCC3)OCC1(CCC)CO2. The fourth-order valence-electron chi connectivity index (χ4n) is 4.37. The highest BCUT2D eigenvalue weighted by molar-refractivity contribution is 4.97. The van der Waals surface area contributed by atoms with Gasteiger partial charge in [0.25, 0.3) is 5.97 Å². The third-order valence-electron chi connectivity index (χ3n) is 5.52. The number of hydrogen-bond donors (Lipinski definition) is 0. The van der Waals surface area contributed by atoms with Gasteiger partial charge in [0, 0.05) is 11.3 Å². The molecule has 0 amide bonds. The molecule has 1 atom stereocenters. The van der Waals surface area contributed by atoms with Crippen molar-refractivity contribution in [2.45, 2.75) is 83.7 Å². The van der Waals surface area contributed by atoms with Crippen molar-refractivity contribution in [2.24, 2.45) is 11.3 Å². The maximum Gasteiger partial charge on any atom is 0.286 e. The molecule has 3 saturated heterocycles. The second-order valence-corrected chi connectivity index (χ2v) is 7.02. The van der Waals surface area contributed by atoms with Gasteiger partial charge in [0.2, 0.25) is 0 Å². The Balaban J connectivity index is 1.77. The van der Waals surface area contributed by atoms with Crippen molar-refractivity contribution in [3.63, 3.8) is 0 Å².